The summed E-state index contributed by atoms with van der Waals surface area (Å²) in [6.45, 7) is -0.599. The van der Waals surface area contributed by atoms with Gasteiger partial charge in [0.1, 0.15) is 11.4 Å². The zero-order valence-corrected chi connectivity index (χ0v) is 12.2. The second-order valence-electron chi connectivity index (χ2n) is 4.75. The molecule has 3 rings (SSSR count). The van der Waals surface area contributed by atoms with E-state index in [-0.39, 0.29) is 11.4 Å². The fourth-order valence-corrected chi connectivity index (χ4v) is 3.74. The Labute approximate surface area is 129 Å². The van der Waals surface area contributed by atoms with Crippen LogP contribution in [-0.2, 0) is 14.8 Å². The zero-order chi connectivity index (χ0) is 16.8. The molecule has 0 saturated carbocycles. The van der Waals surface area contributed by atoms with Crippen LogP contribution in [0.4, 0.5) is 24.5 Å². The number of hydrogen-bond donors (Lipinski definition) is 1. The fraction of sp³-hybridized carbons (Fsp3) is 0.0714. The first-order chi connectivity index (χ1) is 10.8. The second-order valence-corrected chi connectivity index (χ2v) is 6.58. The summed E-state index contributed by atoms with van der Waals surface area (Å²) in [5.74, 6) is -5.84. The Bertz CT molecular complexity index is 915. The Kier molecular flexibility index (Phi) is 3.52. The number of fused-ring (bicyclic) bond motifs is 1. The van der Waals surface area contributed by atoms with E-state index in [2.05, 4.69) is 5.32 Å². The molecule has 9 heteroatoms. The van der Waals surface area contributed by atoms with Crippen molar-refractivity contribution >= 4 is 27.3 Å². The van der Waals surface area contributed by atoms with Gasteiger partial charge in [-0.1, -0.05) is 12.1 Å². The van der Waals surface area contributed by atoms with Crippen molar-refractivity contribution in [3.05, 3.63) is 53.8 Å². The molecule has 0 aromatic heterocycles. The number of halogens is 3. The normalized spacial score (nSPS) is 14.4. The number of rotatable bonds is 2. The van der Waals surface area contributed by atoms with Gasteiger partial charge in [0.25, 0.3) is 10.0 Å². The van der Waals surface area contributed by atoms with E-state index in [1.807, 2.05) is 0 Å². The molecule has 1 amide bonds. The van der Waals surface area contributed by atoms with Crippen LogP contribution in [-0.4, -0.2) is 20.9 Å². The summed E-state index contributed by atoms with van der Waals surface area (Å²) in [6.07, 6.45) is 0. The quantitative estimate of drug-likeness (QED) is 0.852. The van der Waals surface area contributed by atoms with Gasteiger partial charge in [-0.25, -0.2) is 21.6 Å². The Balaban J connectivity index is 2.18. The van der Waals surface area contributed by atoms with Crippen LogP contribution in [0.5, 0.6) is 0 Å². The monoisotopic (exact) mass is 342 g/mol. The number of nitrogens with zero attached hydrogens (tertiary/aromatic N) is 1. The number of carbonyl (C=O) groups excluding carboxylic acids is 1. The lowest BCUT2D eigenvalue weighted by Gasteiger charge is -2.30. The number of hydrogen-bond acceptors (Lipinski definition) is 3. The number of nitrogens with one attached hydrogen (secondary N) is 1. The van der Waals surface area contributed by atoms with E-state index in [9.17, 15) is 26.4 Å². The number of amides is 1. The van der Waals surface area contributed by atoms with Gasteiger partial charge in [-0.05, 0) is 24.3 Å². The average Bonchev–Trinajstić information content (AvgIpc) is 2.51. The van der Waals surface area contributed by atoms with Crippen molar-refractivity contribution in [1.29, 1.82) is 0 Å². The molecule has 23 heavy (non-hydrogen) atoms. The molecular weight excluding hydrogens is 333 g/mol. The third-order valence-corrected chi connectivity index (χ3v) is 5.08. The minimum atomic E-state index is -4.59. The zero-order valence-electron chi connectivity index (χ0n) is 11.4. The molecule has 2 aromatic carbocycles. The van der Waals surface area contributed by atoms with E-state index in [0.29, 0.717) is 16.4 Å². The topological polar surface area (TPSA) is 66.5 Å². The van der Waals surface area contributed by atoms with Gasteiger partial charge in [0.05, 0.1) is 11.4 Å². The molecule has 1 aliphatic heterocycles. The van der Waals surface area contributed by atoms with E-state index in [0.717, 1.165) is 0 Å². The van der Waals surface area contributed by atoms with Crippen LogP contribution in [0.1, 0.15) is 0 Å². The Hall–Kier alpha value is -2.55. The summed E-state index contributed by atoms with van der Waals surface area (Å²) in [5, 5.41) is 2.48. The van der Waals surface area contributed by atoms with Crippen LogP contribution < -0.4 is 9.62 Å². The van der Waals surface area contributed by atoms with Crippen molar-refractivity contribution < 1.29 is 26.4 Å². The lowest BCUT2D eigenvalue weighted by molar-refractivity contribution is -0.115. The van der Waals surface area contributed by atoms with Gasteiger partial charge in [0.2, 0.25) is 5.91 Å². The SMILES string of the molecule is O=C1CN(S(=O)(=O)c2ccc(F)c(F)c2F)c2ccccc2N1. The van der Waals surface area contributed by atoms with Gasteiger partial charge in [-0.2, -0.15) is 0 Å². The highest BCUT2D eigenvalue weighted by Crippen LogP contribution is 2.34. The first-order valence-electron chi connectivity index (χ1n) is 6.37. The number of anilines is 2. The summed E-state index contributed by atoms with van der Waals surface area (Å²) in [5.41, 5.74) is 0.326. The van der Waals surface area contributed by atoms with Crippen molar-refractivity contribution in [1.82, 2.24) is 0 Å². The molecule has 0 atom stereocenters. The summed E-state index contributed by atoms with van der Waals surface area (Å²) >= 11 is 0. The molecule has 0 unspecified atom stereocenters. The minimum absolute atomic E-state index is 0.108. The summed E-state index contributed by atoms with van der Waals surface area (Å²) in [6, 6.07) is 7.12. The number of para-hydroxylation sites is 2. The number of benzene rings is 2. The van der Waals surface area contributed by atoms with Crippen molar-refractivity contribution in [2.24, 2.45) is 0 Å². The number of sulfonamides is 1. The standard InChI is InChI=1S/C14H9F3N2O3S/c15-8-5-6-11(14(17)13(8)16)23(21,22)19-7-12(20)18-9-3-1-2-4-10(9)19/h1-6H,7H2,(H,18,20). The molecule has 120 valence electrons. The smallest absolute Gasteiger partial charge is 0.267 e. The molecule has 0 bridgehead atoms. The highest BCUT2D eigenvalue weighted by Gasteiger charge is 2.35. The molecule has 2 aromatic rings. The highest BCUT2D eigenvalue weighted by molar-refractivity contribution is 7.93. The molecule has 1 heterocycles. The Morgan fingerprint density at radius 1 is 1.00 bits per heavy atom. The molecular formula is C14H9F3N2O3S. The van der Waals surface area contributed by atoms with Crippen LogP contribution in [0.15, 0.2) is 41.3 Å². The lowest BCUT2D eigenvalue weighted by Crippen LogP contribution is -2.42. The van der Waals surface area contributed by atoms with Gasteiger partial charge in [-0.3, -0.25) is 9.10 Å². The molecule has 0 radical (unpaired) electrons. The molecule has 0 spiro atoms. The third-order valence-electron chi connectivity index (χ3n) is 3.30. The van der Waals surface area contributed by atoms with Gasteiger partial charge in [0, 0.05) is 0 Å². The Morgan fingerprint density at radius 2 is 1.70 bits per heavy atom. The number of carbonyl (C=O) groups is 1. The van der Waals surface area contributed by atoms with Crippen LogP contribution in [0, 0.1) is 17.5 Å². The van der Waals surface area contributed by atoms with Crippen LogP contribution in [0.2, 0.25) is 0 Å². The third kappa shape index (κ3) is 2.42. The summed E-state index contributed by atoms with van der Waals surface area (Å²) in [4.78, 5) is 10.6. The van der Waals surface area contributed by atoms with E-state index in [1.54, 1.807) is 6.07 Å². The first kappa shape index (κ1) is 15.3. The minimum Gasteiger partial charge on any atom is -0.323 e. The van der Waals surface area contributed by atoms with E-state index in [1.165, 1.54) is 18.2 Å². The maximum Gasteiger partial charge on any atom is 0.267 e. The van der Waals surface area contributed by atoms with Crippen molar-refractivity contribution in [3.63, 3.8) is 0 Å². The predicted octanol–water partition coefficient (Wildman–Crippen LogP) is 2.25. The van der Waals surface area contributed by atoms with Crippen molar-refractivity contribution in [3.8, 4) is 0 Å². The van der Waals surface area contributed by atoms with Crippen molar-refractivity contribution in [2.75, 3.05) is 16.2 Å². The largest absolute Gasteiger partial charge is 0.323 e. The summed E-state index contributed by atoms with van der Waals surface area (Å²) < 4.78 is 66.1. The van der Waals surface area contributed by atoms with Crippen LogP contribution in [0.3, 0.4) is 0 Å². The predicted molar refractivity (Wildman–Crippen MR) is 75.9 cm³/mol. The second kappa shape index (κ2) is 5.27. The molecule has 5 nitrogen and oxygen atoms in total. The molecule has 1 N–H and O–H groups in total. The molecule has 0 aliphatic carbocycles. The van der Waals surface area contributed by atoms with Gasteiger partial charge in [0.15, 0.2) is 17.5 Å². The first-order valence-corrected chi connectivity index (χ1v) is 7.81. The van der Waals surface area contributed by atoms with E-state index in [4.69, 9.17) is 0 Å². The van der Waals surface area contributed by atoms with Gasteiger partial charge in [-0.15, -0.1) is 0 Å². The van der Waals surface area contributed by atoms with Crippen LogP contribution >= 0.6 is 0 Å². The summed E-state index contributed by atoms with van der Waals surface area (Å²) in [7, 11) is -4.59. The lowest BCUT2D eigenvalue weighted by atomic mass is 10.2. The maximum atomic E-state index is 13.9. The van der Waals surface area contributed by atoms with Crippen LogP contribution in [0.25, 0.3) is 0 Å². The fourth-order valence-electron chi connectivity index (χ4n) is 2.24. The highest BCUT2D eigenvalue weighted by atomic mass is 32.2. The van der Waals surface area contributed by atoms with E-state index >= 15 is 0 Å². The molecule has 1 aliphatic rings. The Morgan fingerprint density at radius 3 is 2.43 bits per heavy atom. The van der Waals surface area contributed by atoms with Gasteiger partial charge < -0.3 is 5.32 Å². The van der Waals surface area contributed by atoms with Crippen molar-refractivity contribution in [2.45, 2.75) is 4.90 Å². The van der Waals surface area contributed by atoms with E-state index < -0.39 is 44.8 Å². The molecule has 0 fully saturated rings. The average molecular weight is 342 g/mol. The maximum absolute atomic E-state index is 13.9. The molecule has 0 saturated heterocycles. The van der Waals surface area contributed by atoms with Gasteiger partial charge >= 0.3 is 0 Å².